The van der Waals surface area contributed by atoms with Gasteiger partial charge in [-0.25, -0.2) is 0 Å². The average Bonchev–Trinajstić information content (AvgIpc) is 2.46. The third-order valence-corrected chi connectivity index (χ3v) is 4.35. The molecule has 0 saturated heterocycles. The van der Waals surface area contributed by atoms with Gasteiger partial charge in [0, 0.05) is 15.6 Å². The van der Waals surface area contributed by atoms with E-state index in [9.17, 15) is 4.79 Å². The van der Waals surface area contributed by atoms with E-state index < -0.39 is 0 Å². The van der Waals surface area contributed by atoms with Crippen LogP contribution in [0.25, 0.3) is 10.8 Å². The summed E-state index contributed by atoms with van der Waals surface area (Å²) in [4.78, 5) is 12.9. The van der Waals surface area contributed by atoms with E-state index in [0.29, 0.717) is 10.6 Å². The molecular weight excluding hydrogens is 348 g/mol. The number of rotatable bonds is 2. The number of hydrogen-bond acceptors (Lipinski definition) is 1. The van der Waals surface area contributed by atoms with Crippen molar-refractivity contribution in [3.63, 3.8) is 0 Å². The highest BCUT2D eigenvalue weighted by molar-refractivity contribution is 9.10. The summed E-state index contributed by atoms with van der Waals surface area (Å²) in [5.41, 5.74) is 2.20. The zero-order chi connectivity index (χ0) is 15.0. The maximum atomic E-state index is 12.9. The Morgan fingerprint density at radius 1 is 1.05 bits per heavy atom. The summed E-state index contributed by atoms with van der Waals surface area (Å²) < 4.78 is 0.860. The fourth-order valence-corrected chi connectivity index (χ4v) is 3.25. The van der Waals surface area contributed by atoms with Gasteiger partial charge in [0.05, 0.1) is 5.02 Å². The van der Waals surface area contributed by atoms with Crippen molar-refractivity contribution in [3.05, 3.63) is 80.8 Å². The first-order valence-corrected chi connectivity index (χ1v) is 7.73. The maximum Gasteiger partial charge on any atom is 0.195 e. The highest BCUT2D eigenvalue weighted by Gasteiger charge is 2.17. The number of hydrogen-bond donors (Lipinski definition) is 0. The van der Waals surface area contributed by atoms with Crippen molar-refractivity contribution in [1.29, 1.82) is 0 Å². The Hall–Kier alpha value is -1.64. The first-order chi connectivity index (χ1) is 10.1. The summed E-state index contributed by atoms with van der Waals surface area (Å²) >= 11 is 9.59. The molecule has 21 heavy (non-hydrogen) atoms. The fraction of sp³-hybridized carbons (Fsp3) is 0.0556. The monoisotopic (exact) mass is 358 g/mol. The molecule has 0 fully saturated rings. The zero-order valence-electron chi connectivity index (χ0n) is 11.4. The van der Waals surface area contributed by atoms with Crippen LogP contribution in [-0.2, 0) is 0 Å². The number of aryl methyl sites for hydroxylation is 1. The van der Waals surface area contributed by atoms with Gasteiger partial charge in [0.1, 0.15) is 0 Å². The van der Waals surface area contributed by atoms with Gasteiger partial charge in [-0.3, -0.25) is 4.79 Å². The summed E-state index contributed by atoms with van der Waals surface area (Å²) in [7, 11) is 0. The van der Waals surface area contributed by atoms with Crippen molar-refractivity contribution in [2.75, 3.05) is 0 Å². The summed E-state index contributed by atoms with van der Waals surface area (Å²) in [6.07, 6.45) is 0. The van der Waals surface area contributed by atoms with Crippen LogP contribution in [0.3, 0.4) is 0 Å². The van der Waals surface area contributed by atoms with E-state index >= 15 is 0 Å². The van der Waals surface area contributed by atoms with E-state index in [2.05, 4.69) is 15.9 Å². The third-order valence-electron chi connectivity index (χ3n) is 3.54. The molecule has 0 bridgehead atoms. The molecule has 3 rings (SSSR count). The highest BCUT2D eigenvalue weighted by atomic mass is 79.9. The molecule has 0 unspecified atom stereocenters. The van der Waals surface area contributed by atoms with E-state index in [-0.39, 0.29) is 5.78 Å². The summed E-state index contributed by atoms with van der Waals surface area (Å²) in [5.74, 6) is -0.0400. The lowest BCUT2D eigenvalue weighted by Gasteiger charge is -2.11. The predicted molar refractivity (Wildman–Crippen MR) is 91.3 cm³/mol. The first-order valence-electron chi connectivity index (χ1n) is 6.56. The average molecular weight is 360 g/mol. The van der Waals surface area contributed by atoms with Crippen LogP contribution in [0.2, 0.25) is 5.02 Å². The Morgan fingerprint density at radius 3 is 2.57 bits per heavy atom. The zero-order valence-corrected chi connectivity index (χ0v) is 13.7. The van der Waals surface area contributed by atoms with E-state index in [1.54, 1.807) is 12.1 Å². The number of ketones is 1. The fourth-order valence-electron chi connectivity index (χ4n) is 2.49. The molecule has 0 aromatic heterocycles. The van der Waals surface area contributed by atoms with Gasteiger partial charge in [-0.2, -0.15) is 0 Å². The largest absolute Gasteiger partial charge is 0.289 e. The Labute approximate surface area is 136 Å². The molecule has 0 radical (unpaired) electrons. The van der Waals surface area contributed by atoms with Crippen molar-refractivity contribution in [2.24, 2.45) is 0 Å². The van der Waals surface area contributed by atoms with Crippen molar-refractivity contribution in [1.82, 2.24) is 0 Å². The molecule has 0 heterocycles. The smallest absolute Gasteiger partial charge is 0.195 e. The summed E-state index contributed by atoms with van der Waals surface area (Å²) in [5, 5.41) is 2.47. The van der Waals surface area contributed by atoms with Crippen LogP contribution in [0, 0.1) is 6.92 Å². The molecule has 0 aliphatic carbocycles. The summed E-state index contributed by atoms with van der Waals surface area (Å²) in [6.45, 7) is 1.95. The van der Waals surface area contributed by atoms with Gasteiger partial charge in [0.25, 0.3) is 0 Å². The minimum absolute atomic E-state index is 0.0400. The van der Waals surface area contributed by atoms with E-state index in [1.165, 1.54) is 0 Å². The molecule has 0 atom stereocenters. The third kappa shape index (κ3) is 2.61. The van der Waals surface area contributed by atoms with Gasteiger partial charge in [0.2, 0.25) is 0 Å². The molecule has 0 saturated carbocycles. The molecule has 0 aliphatic rings. The number of fused-ring (bicyclic) bond motifs is 1. The van der Waals surface area contributed by atoms with Crippen molar-refractivity contribution < 1.29 is 4.79 Å². The maximum absolute atomic E-state index is 12.9. The Morgan fingerprint density at radius 2 is 1.81 bits per heavy atom. The number of benzene rings is 3. The van der Waals surface area contributed by atoms with Crippen LogP contribution < -0.4 is 0 Å². The van der Waals surface area contributed by atoms with Crippen LogP contribution in [0.5, 0.6) is 0 Å². The van der Waals surface area contributed by atoms with Crippen molar-refractivity contribution in [3.8, 4) is 0 Å². The lowest BCUT2D eigenvalue weighted by atomic mass is 9.93. The Kier molecular flexibility index (Phi) is 3.83. The molecule has 3 heteroatoms. The molecule has 3 aromatic carbocycles. The molecular formula is C18H12BrClO. The quantitative estimate of drug-likeness (QED) is 0.529. The van der Waals surface area contributed by atoms with Gasteiger partial charge in [-0.15, -0.1) is 0 Å². The van der Waals surface area contributed by atoms with E-state index in [4.69, 9.17) is 11.6 Å². The SMILES string of the molecule is Cc1ccc2ccccc2c1C(=O)c1ccc(Br)cc1Cl. The minimum Gasteiger partial charge on any atom is -0.289 e. The van der Waals surface area contributed by atoms with Gasteiger partial charge in [-0.05, 0) is 41.5 Å². The second-order valence-electron chi connectivity index (χ2n) is 4.93. The Balaban J connectivity index is 2.24. The Bertz CT molecular complexity index is 855. The molecule has 3 aromatic rings. The lowest BCUT2D eigenvalue weighted by Crippen LogP contribution is -2.05. The lowest BCUT2D eigenvalue weighted by molar-refractivity contribution is 0.104. The van der Waals surface area contributed by atoms with Crippen molar-refractivity contribution >= 4 is 44.1 Å². The van der Waals surface area contributed by atoms with Gasteiger partial charge in [0.15, 0.2) is 5.78 Å². The van der Waals surface area contributed by atoms with Crippen LogP contribution in [0.15, 0.2) is 59.1 Å². The number of carbonyl (C=O) groups excluding carboxylic acids is 1. The van der Waals surface area contributed by atoms with Gasteiger partial charge < -0.3 is 0 Å². The van der Waals surface area contributed by atoms with Crippen molar-refractivity contribution in [2.45, 2.75) is 6.92 Å². The molecule has 0 spiro atoms. The normalized spacial score (nSPS) is 10.8. The second kappa shape index (κ2) is 5.63. The van der Waals surface area contributed by atoms with Crippen LogP contribution in [0.4, 0.5) is 0 Å². The molecule has 0 N–H and O–H groups in total. The first kappa shape index (κ1) is 14.3. The van der Waals surface area contributed by atoms with Gasteiger partial charge in [-0.1, -0.05) is 63.9 Å². The molecule has 104 valence electrons. The van der Waals surface area contributed by atoms with Crippen LogP contribution >= 0.6 is 27.5 Å². The molecule has 0 aliphatic heterocycles. The standard InChI is InChI=1S/C18H12BrClO/c1-11-6-7-12-4-2-3-5-14(12)17(11)18(21)15-9-8-13(19)10-16(15)20/h2-10H,1H3. The topological polar surface area (TPSA) is 17.1 Å². The molecule has 0 amide bonds. The van der Waals surface area contributed by atoms with Gasteiger partial charge >= 0.3 is 0 Å². The van der Waals surface area contributed by atoms with E-state index in [0.717, 1.165) is 26.4 Å². The minimum atomic E-state index is -0.0400. The van der Waals surface area contributed by atoms with Crippen LogP contribution in [0.1, 0.15) is 21.5 Å². The number of carbonyl (C=O) groups is 1. The second-order valence-corrected chi connectivity index (χ2v) is 6.25. The van der Waals surface area contributed by atoms with Crippen LogP contribution in [-0.4, -0.2) is 5.78 Å². The number of halogens is 2. The molecule has 1 nitrogen and oxygen atoms in total. The van der Waals surface area contributed by atoms with E-state index in [1.807, 2.05) is 49.4 Å². The summed E-state index contributed by atoms with van der Waals surface area (Å²) in [6, 6.07) is 17.2. The highest BCUT2D eigenvalue weighted by Crippen LogP contribution is 2.28. The predicted octanol–water partition coefficient (Wildman–Crippen LogP) is 5.80.